The molecule has 2 rings (SSSR count). The van der Waals surface area contributed by atoms with Crippen LogP contribution < -0.4 is 10.4 Å². The highest BCUT2D eigenvalue weighted by Gasteiger charge is 1.98. The lowest BCUT2D eigenvalue weighted by molar-refractivity contribution is -0.115. The van der Waals surface area contributed by atoms with Crippen LogP contribution in [0.4, 0.5) is 0 Å². The molecule has 2 radical (unpaired) electrons. The molecule has 0 aliphatic heterocycles. The van der Waals surface area contributed by atoms with Gasteiger partial charge in [-0.3, -0.25) is 4.79 Å². The van der Waals surface area contributed by atoms with Gasteiger partial charge in [0, 0.05) is 19.8 Å². The van der Waals surface area contributed by atoms with Crippen LogP contribution in [0.2, 0.25) is 0 Å². The van der Waals surface area contributed by atoms with Gasteiger partial charge in [0.15, 0.2) is 0 Å². The first-order valence-corrected chi connectivity index (χ1v) is 7.72. The normalized spacial score (nSPS) is 12.9. The number of carbonyl (C=O) groups excluding carboxylic acids is 1. The van der Waals surface area contributed by atoms with Crippen LogP contribution in [0, 0.1) is 19.3 Å². The van der Waals surface area contributed by atoms with Gasteiger partial charge in [-0.15, -0.1) is 12.4 Å². The van der Waals surface area contributed by atoms with Crippen LogP contribution in [0.3, 0.4) is 0 Å². The van der Waals surface area contributed by atoms with Gasteiger partial charge in [0.05, 0.1) is 0 Å². The SMILES string of the molecule is C=c1ccc(=C2[CH]C=C(C)C=C2)cc1.Cl.[CH2]C(=O)CCC(C)C. The lowest BCUT2D eigenvalue weighted by atomic mass is 10.0. The second-order valence-corrected chi connectivity index (χ2v) is 6.03. The first kappa shape index (κ1) is 21.4. The van der Waals surface area contributed by atoms with Gasteiger partial charge in [-0.2, -0.15) is 0 Å². The molecule has 0 unspecified atom stereocenters. The lowest BCUT2D eigenvalue weighted by Gasteiger charge is -2.04. The van der Waals surface area contributed by atoms with E-state index in [1.165, 1.54) is 16.4 Å². The highest BCUT2D eigenvalue weighted by Crippen LogP contribution is 2.13. The highest BCUT2D eigenvalue weighted by atomic mass is 35.5. The average molecular weight is 331 g/mol. The van der Waals surface area contributed by atoms with E-state index >= 15 is 0 Å². The Labute approximate surface area is 146 Å². The monoisotopic (exact) mass is 330 g/mol. The Balaban J connectivity index is 0.000000469. The number of rotatable bonds is 3. The molecule has 0 fully saturated rings. The number of hydrogen-bond donors (Lipinski definition) is 0. The van der Waals surface area contributed by atoms with Gasteiger partial charge in [0.2, 0.25) is 0 Å². The van der Waals surface area contributed by atoms with Crippen molar-refractivity contribution in [1.29, 1.82) is 0 Å². The molecule has 0 spiro atoms. The zero-order chi connectivity index (χ0) is 16.5. The molecule has 1 aromatic carbocycles. The summed E-state index contributed by atoms with van der Waals surface area (Å²) in [5.41, 5.74) is 2.55. The van der Waals surface area contributed by atoms with Crippen LogP contribution in [0.25, 0.3) is 12.2 Å². The van der Waals surface area contributed by atoms with Gasteiger partial charge in [-0.25, -0.2) is 0 Å². The molecule has 0 saturated carbocycles. The summed E-state index contributed by atoms with van der Waals surface area (Å²) in [5, 5.41) is 2.30. The quantitative estimate of drug-likeness (QED) is 0.811. The number of ketones is 1. The fourth-order valence-corrected chi connectivity index (χ4v) is 1.89. The summed E-state index contributed by atoms with van der Waals surface area (Å²) in [7, 11) is 0. The van der Waals surface area contributed by atoms with E-state index in [1.807, 2.05) is 12.1 Å². The van der Waals surface area contributed by atoms with Crippen LogP contribution in [0.1, 0.15) is 33.6 Å². The van der Waals surface area contributed by atoms with Crippen molar-refractivity contribution in [3.8, 4) is 0 Å². The molecule has 23 heavy (non-hydrogen) atoms. The third kappa shape index (κ3) is 9.20. The summed E-state index contributed by atoms with van der Waals surface area (Å²) >= 11 is 0. The third-order valence-corrected chi connectivity index (χ3v) is 3.34. The summed E-state index contributed by atoms with van der Waals surface area (Å²) in [4.78, 5) is 10.2. The summed E-state index contributed by atoms with van der Waals surface area (Å²) < 4.78 is 0. The molecular formula is C21H27ClO. The molecular weight excluding hydrogens is 304 g/mol. The molecule has 0 saturated heterocycles. The average Bonchev–Trinajstić information content (AvgIpc) is 2.48. The van der Waals surface area contributed by atoms with E-state index in [-0.39, 0.29) is 18.2 Å². The number of halogens is 1. The van der Waals surface area contributed by atoms with E-state index in [4.69, 9.17) is 0 Å². The fraction of sp³-hybridized carbons (Fsp3) is 0.286. The first-order valence-electron chi connectivity index (χ1n) is 7.72. The van der Waals surface area contributed by atoms with Crippen LogP contribution in [-0.4, -0.2) is 5.78 Å². The first-order chi connectivity index (χ1) is 10.4. The maximum atomic E-state index is 10.2. The largest absolute Gasteiger partial charge is 0.300 e. The predicted octanol–water partition coefficient (Wildman–Crippen LogP) is 4.22. The number of hydrogen-bond acceptors (Lipinski definition) is 1. The molecule has 1 aromatic rings. The van der Waals surface area contributed by atoms with Gasteiger partial charge in [-0.05, 0) is 35.3 Å². The molecule has 0 atom stereocenters. The Morgan fingerprint density at radius 1 is 1.13 bits per heavy atom. The number of carbonyl (C=O) groups is 1. The molecule has 1 aliphatic rings. The Kier molecular flexibility index (Phi) is 10.2. The maximum absolute atomic E-state index is 10.2. The smallest absolute Gasteiger partial charge is 0.133 e. The van der Waals surface area contributed by atoms with Gasteiger partial charge < -0.3 is 0 Å². The van der Waals surface area contributed by atoms with Crippen LogP contribution >= 0.6 is 12.4 Å². The topological polar surface area (TPSA) is 17.1 Å². The van der Waals surface area contributed by atoms with Crippen molar-refractivity contribution < 1.29 is 4.79 Å². The molecule has 0 bridgehead atoms. The minimum absolute atomic E-state index is 0. The molecule has 1 nitrogen and oxygen atoms in total. The van der Waals surface area contributed by atoms with Crippen molar-refractivity contribution in [2.45, 2.75) is 33.6 Å². The highest BCUT2D eigenvalue weighted by molar-refractivity contribution is 5.85. The van der Waals surface area contributed by atoms with E-state index in [9.17, 15) is 4.79 Å². The van der Waals surface area contributed by atoms with E-state index in [2.05, 4.69) is 71.1 Å². The van der Waals surface area contributed by atoms with Gasteiger partial charge in [0.1, 0.15) is 5.78 Å². The van der Waals surface area contributed by atoms with Crippen molar-refractivity contribution in [2.24, 2.45) is 5.92 Å². The Bertz CT molecular complexity index is 642. The summed E-state index contributed by atoms with van der Waals surface area (Å²) in [5.74, 6) is 0.680. The third-order valence-electron chi connectivity index (χ3n) is 3.34. The van der Waals surface area contributed by atoms with Crippen molar-refractivity contribution in [3.63, 3.8) is 0 Å². The molecule has 0 heterocycles. The molecule has 124 valence electrons. The summed E-state index contributed by atoms with van der Waals surface area (Å²) in [6.07, 6.45) is 10.2. The van der Waals surface area contributed by atoms with Crippen molar-refractivity contribution in [3.05, 3.63) is 71.8 Å². The Hall–Kier alpha value is -1.60. The Morgan fingerprint density at radius 3 is 2.13 bits per heavy atom. The van der Waals surface area contributed by atoms with E-state index in [1.54, 1.807) is 0 Å². The second-order valence-electron chi connectivity index (χ2n) is 6.03. The Morgan fingerprint density at radius 2 is 1.74 bits per heavy atom. The van der Waals surface area contributed by atoms with Gasteiger partial charge >= 0.3 is 0 Å². The van der Waals surface area contributed by atoms with E-state index < -0.39 is 0 Å². The van der Waals surface area contributed by atoms with E-state index in [0.29, 0.717) is 12.3 Å². The molecule has 1 aliphatic carbocycles. The molecule has 0 N–H and O–H groups in total. The van der Waals surface area contributed by atoms with Crippen LogP contribution in [-0.2, 0) is 4.79 Å². The standard InChI is InChI=1S/C14H13.C7H13O.ClH/c1-11-3-7-13(8-4-11)14-9-5-12(2)6-10-14;1-6(2)4-5-7(3)8;/h3-10H,1H2,2H3;6H,3-5H2,1-2H3;1H. The minimum atomic E-state index is 0. The van der Waals surface area contributed by atoms with Crippen molar-refractivity contribution in [2.75, 3.05) is 0 Å². The zero-order valence-electron chi connectivity index (χ0n) is 14.3. The predicted molar refractivity (Wildman–Crippen MR) is 104 cm³/mol. The summed E-state index contributed by atoms with van der Waals surface area (Å²) in [6, 6.07) is 8.28. The van der Waals surface area contributed by atoms with E-state index in [0.717, 1.165) is 11.6 Å². The molecule has 0 amide bonds. The zero-order valence-corrected chi connectivity index (χ0v) is 15.2. The van der Waals surface area contributed by atoms with Crippen molar-refractivity contribution >= 4 is 30.3 Å². The van der Waals surface area contributed by atoms with Crippen LogP contribution in [0.15, 0.2) is 48.1 Å². The number of allylic oxidation sites excluding steroid dienone is 4. The second kappa shape index (κ2) is 11.0. The maximum Gasteiger partial charge on any atom is 0.133 e. The van der Waals surface area contributed by atoms with Crippen molar-refractivity contribution in [1.82, 2.24) is 0 Å². The molecule has 0 aromatic heterocycles. The number of Topliss-reactive ketones (excluding diaryl/α,β-unsaturated/α-hetero) is 1. The number of benzene rings is 1. The minimum Gasteiger partial charge on any atom is -0.300 e. The van der Waals surface area contributed by atoms with Gasteiger partial charge in [-0.1, -0.05) is 68.5 Å². The fourth-order valence-electron chi connectivity index (χ4n) is 1.89. The van der Waals surface area contributed by atoms with Crippen LogP contribution in [0.5, 0.6) is 0 Å². The molecule has 2 heteroatoms. The lowest BCUT2D eigenvalue weighted by Crippen LogP contribution is -2.09. The summed E-state index contributed by atoms with van der Waals surface area (Å²) in [6.45, 7) is 13.4. The van der Waals surface area contributed by atoms with Gasteiger partial charge in [0.25, 0.3) is 0 Å².